The maximum atomic E-state index is 12.6. The average molecular weight is 292 g/mol. The second-order valence-corrected chi connectivity index (χ2v) is 5.27. The number of hydrogen-bond acceptors (Lipinski definition) is 2. The van der Waals surface area contributed by atoms with Gasteiger partial charge in [-0.05, 0) is 23.8 Å². The zero-order valence-corrected chi connectivity index (χ0v) is 11.5. The maximum Gasteiger partial charge on any atom is 0.173 e. The summed E-state index contributed by atoms with van der Waals surface area (Å²) in [5, 5.41) is 3.98. The molecule has 0 spiro atoms. The van der Waals surface area contributed by atoms with E-state index in [1.807, 2.05) is 24.3 Å². The normalized spacial score (nSPS) is 16.8. The third-order valence-corrected chi connectivity index (χ3v) is 4.19. The predicted molar refractivity (Wildman–Crippen MR) is 78.5 cm³/mol. The Labute approximate surface area is 121 Å². The second kappa shape index (κ2) is 4.87. The number of rotatable bonds is 2. The molecule has 4 heteroatoms. The van der Waals surface area contributed by atoms with Crippen molar-refractivity contribution in [2.45, 2.75) is 5.92 Å². The van der Waals surface area contributed by atoms with Gasteiger partial charge in [0.25, 0.3) is 0 Å². The van der Waals surface area contributed by atoms with E-state index in [1.165, 1.54) is 0 Å². The first-order chi connectivity index (χ1) is 9.18. The van der Waals surface area contributed by atoms with E-state index in [4.69, 9.17) is 23.2 Å². The smallest absolute Gasteiger partial charge is 0.173 e. The molecule has 0 saturated heterocycles. The van der Waals surface area contributed by atoms with Gasteiger partial charge in [-0.3, -0.25) is 4.79 Å². The minimum absolute atomic E-state index is 0.00458. The molecule has 0 aromatic heterocycles. The van der Waals surface area contributed by atoms with Gasteiger partial charge in [0.05, 0.1) is 16.0 Å². The van der Waals surface area contributed by atoms with Gasteiger partial charge in [-0.2, -0.15) is 0 Å². The van der Waals surface area contributed by atoms with Crippen LogP contribution in [-0.2, 0) is 0 Å². The summed E-state index contributed by atoms with van der Waals surface area (Å²) in [6.45, 7) is 0.598. The van der Waals surface area contributed by atoms with Crippen molar-refractivity contribution in [1.82, 2.24) is 0 Å². The summed E-state index contributed by atoms with van der Waals surface area (Å²) in [5.41, 5.74) is 2.51. The van der Waals surface area contributed by atoms with Gasteiger partial charge in [0.15, 0.2) is 5.78 Å². The fourth-order valence-electron chi connectivity index (χ4n) is 2.40. The molecule has 1 unspecified atom stereocenters. The Balaban J connectivity index is 2.00. The zero-order chi connectivity index (χ0) is 13.4. The molecule has 2 nitrogen and oxygen atoms in total. The molecule has 1 N–H and O–H groups in total. The fraction of sp³-hybridized carbons (Fsp3) is 0.133. The van der Waals surface area contributed by atoms with E-state index in [0.717, 1.165) is 11.3 Å². The first-order valence-corrected chi connectivity index (χ1v) is 6.75. The number of anilines is 1. The van der Waals surface area contributed by atoms with E-state index in [1.54, 1.807) is 18.2 Å². The molecule has 0 radical (unpaired) electrons. The van der Waals surface area contributed by atoms with Crippen molar-refractivity contribution in [3.63, 3.8) is 0 Å². The lowest BCUT2D eigenvalue weighted by molar-refractivity contribution is 0.0966. The maximum absolute atomic E-state index is 12.6. The number of carbonyl (C=O) groups is 1. The number of hydrogen-bond donors (Lipinski definition) is 1. The van der Waals surface area contributed by atoms with Crippen LogP contribution in [0.3, 0.4) is 0 Å². The van der Waals surface area contributed by atoms with Crippen molar-refractivity contribution in [2.24, 2.45) is 0 Å². The summed E-state index contributed by atoms with van der Waals surface area (Å²) < 4.78 is 0. The van der Waals surface area contributed by atoms with Gasteiger partial charge in [0.2, 0.25) is 0 Å². The number of benzene rings is 2. The second-order valence-electron chi connectivity index (χ2n) is 4.49. The fourth-order valence-corrected chi connectivity index (χ4v) is 2.79. The molecule has 1 heterocycles. The van der Waals surface area contributed by atoms with Crippen molar-refractivity contribution in [1.29, 1.82) is 0 Å². The average Bonchev–Trinajstić information content (AvgIpc) is 2.85. The van der Waals surface area contributed by atoms with E-state index >= 15 is 0 Å². The molecular weight excluding hydrogens is 281 g/mol. The molecule has 2 aromatic rings. The number of para-hydroxylation sites is 1. The van der Waals surface area contributed by atoms with Crippen LogP contribution in [0.25, 0.3) is 0 Å². The lowest BCUT2D eigenvalue weighted by atomic mass is 9.92. The minimum atomic E-state index is -0.202. The van der Waals surface area contributed by atoms with Crippen LogP contribution in [0.4, 0.5) is 5.69 Å². The third kappa shape index (κ3) is 2.11. The molecule has 19 heavy (non-hydrogen) atoms. The summed E-state index contributed by atoms with van der Waals surface area (Å²) in [6, 6.07) is 13.0. The largest absolute Gasteiger partial charge is 0.384 e. The van der Waals surface area contributed by atoms with Crippen molar-refractivity contribution in [3.8, 4) is 0 Å². The highest BCUT2D eigenvalue weighted by atomic mass is 35.5. The Bertz CT molecular complexity index is 654. The van der Waals surface area contributed by atoms with Gasteiger partial charge in [-0.15, -0.1) is 0 Å². The van der Waals surface area contributed by atoms with Crippen LogP contribution in [-0.4, -0.2) is 12.3 Å². The molecule has 1 aliphatic rings. The van der Waals surface area contributed by atoms with E-state index < -0.39 is 0 Å². The monoisotopic (exact) mass is 291 g/mol. The third-order valence-electron chi connectivity index (χ3n) is 3.37. The van der Waals surface area contributed by atoms with Crippen molar-refractivity contribution >= 4 is 34.7 Å². The van der Waals surface area contributed by atoms with Crippen LogP contribution >= 0.6 is 23.2 Å². The first-order valence-electron chi connectivity index (χ1n) is 5.99. The molecule has 0 saturated carbocycles. The number of nitrogens with one attached hydrogen (secondary N) is 1. The molecular formula is C15H11Cl2NO. The van der Waals surface area contributed by atoms with Crippen molar-refractivity contribution < 1.29 is 4.79 Å². The summed E-state index contributed by atoms with van der Waals surface area (Å²) in [4.78, 5) is 12.6. The van der Waals surface area contributed by atoms with E-state index in [-0.39, 0.29) is 11.7 Å². The molecule has 0 amide bonds. The Morgan fingerprint density at radius 1 is 1.11 bits per heavy atom. The van der Waals surface area contributed by atoms with Gasteiger partial charge in [-0.1, -0.05) is 47.5 Å². The van der Waals surface area contributed by atoms with Crippen LogP contribution in [0.15, 0.2) is 42.5 Å². The highest BCUT2D eigenvalue weighted by Crippen LogP contribution is 2.36. The van der Waals surface area contributed by atoms with Crippen LogP contribution in [0, 0.1) is 0 Å². The van der Waals surface area contributed by atoms with E-state index in [9.17, 15) is 4.79 Å². The van der Waals surface area contributed by atoms with E-state index in [0.29, 0.717) is 22.2 Å². The van der Waals surface area contributed by atoms with Gasteiger partial charge >= 0.3 is 0 Å². The molecule has 1 atom stereocenters. The molecule has 3 rings (SSSR count). The number of halogens is 2. The van der Waals surface area contributed by atoms with Gasteiger partial charge in [0.1, 0.15) is 0 Å². The van der Waals surface area contributed by atoms with Crippen molar-refractivity contribution in [3.05, 3.63) is 63.6 Å². The number of ketones is 1. The lowest BCUT2D eigenvalue weighted by Gasteiger charge is -2.11. The quantitative estimate of drug-likeness (QED) is 0.832. The Morgan fingerprint density at radius 3 is 2.74 bits per heavy atom. The summed E-state index contributed by atoms with van der Waals surface area (Å²) in [6.07, 6.45) is 0. The Kier molecular flexibility index (Phi) is 3.21. The highest BCUT2D eigenvalue weighted by molar-refractivity contribution is 6.44. The summed E-state index contributed by atoms with van der Waals surface area (Å²) >= 11 is 12.1. The number of carbonyl (C=O) groups excluding carboxylic acids is 1. The van der Waals surface area contributed by atoms with Crippen molar-refractivity contribution in [2.75, 3.05) is 11.9 Å². The zero-order valence-electron chi connectivity index (χ0n) is 9.99. The van der Waals surface area contributed by atoms with Gasteiger partial charge in [-0.25, -0.2) is 0 Å². The first kappa shape index (κ1) is 12.5. The van der Waals surface area contributed by atoms with Gasteiger partial charge < -0.3 is 5.32 Å². The van der Waals surface area contributed by atoms with Gasteiger partial charge in [0, 0.05) is 17.8 Å². The Morgan fingerprint density at radius 2 is 1.89 bits per heavy atom. The summed E-state index contributed by atoms with van der Waals surface area (Å²) in [7, 11) is 0. The molecule has 0 fully saturated rings. The number of fused-ring (bicyclic) bond motifs is 1. The molecule has 0 aliphatic carbocycles. The minimum Gasteiger partial charge on any atom is -0.384 e. The standard InChI is InChI=1S/C15H11Cl2NO/c16-12-6-3-5-10(14(12)17)15(19)11-8-18-13-7-2-1-4-9(11)13/h1-7,11,18H,8H2. The van der Waals surface area contributed by atoms with E-state index in [2.05, 4.69) is 5.32 Å². The Hall–Kier alpha value is -1.51. The topological polar surface area (TPSA) is 29.1 Å². The van der Waals surface area contributed by atoms with Crippen LogP contribution in [0.1, 0.15) is 21.8 Å². The highest BCUT2D eigenvalue weighted by Gasteiger charge is 2.30. The van der Waals surface area contributed by atoms with Crippen LogP contribution < -0.4 is 5.32 Å². The lowest BCUT2D eigenvalue weighted by Crippen LogP contribution is -2.15. The molecule has 96 valence electrons. The molecule has 1 aliphatic heterocycles. The van der Waals surface area contributed by atoms with Crippen LogP contribution in [0.5, 0.6) is 0 Å². The SMILES string of the molecule is O=C(c1cccc(Cl)c1Cl)C1CNc2ccccc21. The molecule has 2 aromatic carbocycles. The predicted octanol–water partition coefficient (Wildman–Crippen LogP) is 4.39. The summed E-state index contributed by atoms with van der Waals surface area (Å²) in [5.74, 6) is -0.197. The molecule has 0 bridgehead atoms. The number of Topliss-reactive ketones (excluding diaryl/α,β-unsaturated/α-hetero) is 1. The van der Waals surface area contributed by atoms with Crippen LogP contribution in [0.2, 0.25) is 10.0 Å².